The summed E-state index contributed by atoms with van der Waals surface area (Å²) in [6.07, 6.45) is 2.24. The minimum Gasteiger partial charge on any atom is -0.359 e. The molecular formula is C27H31N3O4. The Hall–Kier alpha value is -3.45. The second-order valence-corrected chi connectivity index (χ2v) is 9.55. The van der Waals surface area contributed by atoms with Crippen LogP contribution in [-0.4, -0.2) is 30.1 Å². The van der Waals surface area contributed by atoms with Gasteiger partial charge < -0.3 is 14.6 Å². The SMILES string of the molecule is CC(C)(C)c1cc(N2C(=O)COC2c2cccc(C(=O)NCCCCc3ccccc3)c2)no1. The number of nitrogens with zero attached hydrogens (tertiary/aromatic N) is 2. The molecule has 34 heavy (non-hydrogen) atoms. The first kappa shape index (κ1) is 23.7. The number of amides is 2. The number of anilines is 1. The number of benzene rings is 2. The second-order valence-electron chi connectivity index (χ2n) is 9.55. The third kappa shape index (κ3) is 5.54. The Bertz CT molecular complexity index is 1130. The molecule has 0 aliphatic carbocycles. The van der Waals surface area contributed by atoms with E-state index < -0.39 is 6.23 Å². The molecule has 1 aliphatic rings. The predicted octanol–water partition coefficient (Wildman–Crippen LogP) is 4.79. The summed E-state index contributed by atoms with van der Waals surface area (Å²) in [4.78, 5) is 26.8. The van der Waals surface area contributed by atoms with E-state index in [1.807, 2.05) is 45.0 Å². The summed E-state index contributed by atoms with van der Waals surface area (Å²) in [6, 6.07) is 19.3. The number of carbonyl (C=O) groups excluding carboxylic acids is 2. The number of aryl methyl sites for hydroxylation is 1. The average molecular weight is 462 g/mol. The molecule has 7 heteroatoms. The number of carbonyl (C=O) groups is 2. The topological polar surface area (TPSA) is 84.7 Å². The van der Waals surface area contributed by atoms with E-state index in [0.29, 0.717) is 29.2 Å². The van der Waals surface area contributed by atoms with E-state index in [-0.39, 0.29) is 23.8 Å². The fourth-order valence-electron chi connectivity index (χ4n) is 3.89. The molecule has 178 valence electrons. The van der Waals surface area contributed by atoms with Gasteiger partial charge in [-0.2, -0.15) is 0 Å². The fourth-order valence-corrected chi connectivity index (χ4v) is 3.89. The van der Waals surface area contributed by atoms with Crippen LogP contribution >= 0.6 is 0 Å². The van der Waals surface area contributed by atoms with Crippen molar-refractivity contribution in [3.05, 3.63) is 83.1 Å². The standard InChI is InChI=1S/C27H31N3O4/c1-27(2,3)22-17-23(29-34-22)30-24(31)18-33-26(30)21-14-9-13-20(16-21)25(32)28-15-8-7-12-19-10-5-4-6-11-19/h4-6,9-11,13-14,16-17,26H,7-8,12,15,18H2,1-3H3,(H,28,32). The maximum absolute atomic E-state index is 12.7. The van der Waals surface area contributed by atoms with Gasteiger partial charge in [0.1, 0.15) is 12.4 Å². The molecule has 0 saturated carbocycles. The van der Waals surface area contributed by atoms with Gasteiger partial charge >= 0.3 is 0 Å². The summed E-state index contributed by atoms with van der Waals surface area (Å²) in [5, 5.41) is 7.09. The largest absolute Gasteiger partial charge is 0.359 e. The average Bonchev–Trinajstić information content (AvgIpc) is 3.46. The molecule has 1 N–H and O–H groups in total. The van der Waals surface area contributed by atoms with Crippen molar-refractivity contribution in [2.45, 2.75) is 51.7 Å². The number of rotatable bonds is 8. The van der Waals surface area contributed by atoms with E-state index in [1.165, 1.54) is 10.5 Å². The van der Waals surface area contributed by atoms with Crippen LogP contribution in [0.1, 0.15) is 67.1 Å². The lowest BCUT2D eigenvalue weighted by molar-refractivity contribution is -0.117. The molecule has 1 saturated heterocycles. The van der Waals surface area contributed by atoms with Crippen LogP contribution in [0, 0.1) is 0 Å². The maximum Gasteiger partial charge on any atom is 0.256 e. The lowest BCUT2D eigenvalue weighted by Gasteiger charge is -2.21. The van der Waals surface area contributed by atoms with Crippen LogP contribution in [-0.2, 0) is 21.4 Å². The van der Waals surface area contributed by atoms with Gasteiger partial charge in [0, 0.05) is 29.2 Å². The molecule has 1 fully saturated rings. The van der Waals surface area contributed by atoms with Crippen LogP contribution in [0.5, 0.6) is 0 Å². The number of aromatic nitrogens is 1. The van der Waals surface area contributed by atoms with E-state index in [2.05, 4.69) is 22.6 Å². The van der Waals surface area contributed by atoms with Crippen LogP contribution < -0.4 is 10.2 Å². The fraction of sp³-hybridized carbons (Fsp3) is 0.370. The number of hydrogen-bond acceptors (Lipinski definition) is 5. The molecule has 0 bridgehead atoms. The lowest BCUT2D eigenvalue weighted by atomic mass is 9.93. The normalized spacial score (nSPS) is 16.1. The van der Waals surface area contributed by atoms with Crippen molar-refractivity contribution in [1.82, 2.24) is 10.5 Å². The molecule has 2 amide bonds. The highest BCUT2D eigenvalue weighted by Gasteiger charge is 2.37. The van der Waals surface area contributed by atoms with Gasteiger partial charge in [0.25, 0.3) is 11.8 Å². The third-order valence-corrected chi connectivity index (χ3v) is 5.81. The zero-order valence-electron chi connectivity index (χ0n) is 19.9. The van der Waals surface area contributed by atoms with Crippen molar-refractivity contribution >= 4 is 17.6 Å². The Balaban J connectivity index is 1.38. The van der Waals surface area contributed by atoms with Crippen molar-refractivity contribution in [1.29, 1.82) is 0 Å². The first-order valence-corrected chi connectivity index (χ1v) is 11.7. The quantitative estimate of drug-likeness (QED) is 0.488. The van der Waals surface area contributed by atoms with Gasteiger partial charge in [-0.15, -0.1) is 0 Å². The Labute approximate surface area is 200 Å². The van der Waals surface area contributed by atoms with E-state index in [4.69, 9.17) is 9.26 Å². The Kier molecular flexibility index (Phi) is 7.12. The van der Waals surface area contributed by atoms with Gasteiger partial charge in [0.2, 0.25) is 0 Å². The Morgan fingerprint density at radius 2 is 1.88 bits per heavy atom. The van der Waals surface area contributed by atoms with Crippen LogP contribution in [0.3, 0.4) is 0 Å². The van der Waals surface area contributed by atoms with E-state index in [0.717, 1.165) is 19.3 Å². The summed E-state index contributed by atoms with van der Waals surface area (Å²) in [5.74, 6) is 0.743. The van der Waals surface area contributed by atoms with Crippen molar-refractivity contribution in [2.24, 2.45) is 0 Å². The van der Waals surface area contributed by atoms with Crippen molar-refractivity contribution in [3.63, 3.8) is 0 Å². The molecule has 1 atom stereocenters. The van der Waals surface area contributed by atoms with Crippen LogP contribution in [0.2, 0.25) is 0 Å². The molecule has 1 aromatic heterocycles. The predicted molar refractivity (Wildman–Crippen MR) is 130 cm³/mol. The van der Waals surface area contributed by atoms with Crippen LogP contribution in [0.15, 0.2) is 65.2 Å². The molecule has 0 spiro atoms. The summed E-state index contributed by atoms with van der Waals surface area (Å²) < 4.78 is 11.2. The number of ether oxygens (including phenoxy) is 1. The van der Waals surface area contributed by atoms with E-state index >= 15 is 0 Å². The number of nitrogens with one attached hydrogen (secondary N) is 1. The highest BCUT2D eigenvalue weighted by molar-refractivity contribution is 5.96. The van der Waals surface area contributed by atoms with Crippen molar-refractivity contribution in [2.75, 3.05) is 18.1 Å². The molecule has 1 aliphatic heterocycles. The minimum atomic E-state index is -0.663. The van der Waals surface area contributed by atoms with Crippen LogP contribution in [0.25, 0.3) is 0 Å². The summed E-state index contributed by atoms with van der Waals surface area (Å²) in [5.41, 5.74) is 2.31. The molecule has 7 nitrogen and oxygen atoms in total. The summed E-state index contributed by atoms with van der Waals surface area (Å²) >= 11 is 0. The van der Waals surface area contributed by atoms with Crippen molar-refractivity contribution < 1.29 is 18.8 Å². The van der Waals surface area contributed by atoms with E-state index in [1.54, 1.807) is 24.3 Å². The van der Waals surface area contributed by atoms with Crippen molar-refractivity contribution in [3.8, 4) is 0 Å². The third-order valence-electron chi connectivity index (χ3n) is 5.81. The zero-order chi connectivity index (χ0) is 24.1. The van der Waals surface area contributed by atoms with Gasteiger partial charge in [-0.3, -0.25) is 14.5 Å². The monoisotopic (exact) mass is 461 g/mol. The molecule has 2 aromatic carbocycles. The first-order valence-electron chi connectivity index (χ1n) is 11.7. The molecule has 2 heterocycles. The van der Waals surface area contributed by atoms with E-state index in [9.17, 15) is 9.59 Å². The van der Waals surface area contributed by atoms with Gasteiger partial charge in [-0.05, 0) is 37.0 Å². The molecule has 3 aromatic rings. The van der Waals surface area contributed by atoms with Gasteiger partial charge in [-0.1, -0.05) is 68.4 Å². The Morgan fingerprint density at radius 3 is 2.62 bits per heavy atom. The summed E-state index contributed by atoms with van der Waals surface area (Å²) in [6.45, 7) is 6.59. The van der Waals surface area contributed by atoms with Gasteiger partial charge in [0.15, 0.2) is 12.0 Å². The highest BCUT2D eigenvalue weighted by atomic mass is 16.5. The smallest absolute Gasteiger partial charge is 0.256 e. The number of hydrogen-bond donors (Lipinski definition) is 1. The van der Waals surface area contributed by atoms with Gasteiger partial charge in [-0.25, -0.2) is 0 Å². The minimum absolute atomic E-state index is 0.0553. The Morgan fingerprint density at radius 1 is 1.09 bits per heavy atom. The number of unbranched alkanes of at least 4 members (excludes halogenated alkanes) is 1. The molecular weight excluding hydrogens is 430 g/mol. The first-order chi connectivity index (χ1) is 16.3. The molecule has 4 rings (SSSR count). The maximum atomic E-state index is 12.7. The summed E-state index contributed by atoms with van der Waals surface area (Å²) in [7, 11) is 0. The second kappa shape index (κ2) is 10.2. The molecule has 1 unspecified atom stereocenters. The zero-order valence-corrected chi connectivity index (χ0v) is 19.9. The van der Waals surface area contributed by atoms with Crippen LogP contribution in [0.4, 0.5) is 5.82 Å². The van der Waals surface area contributed by atoms with Gasteiger partial charge in [0.05, 0.1) is 0 Å². The lowest BCUT2D eigenvalue weighted by Crippen LogP contribution is -2.29. The molecule has 0 radical (unpaired) electrons. The highest BCUT2D eigenvalue weighted by Crippen LogP contribution is 2.35.